The van der Waals surface area contributed by atoms with Gasteiger partial charge in [0.25, 0.3) is 0 Å². The first-order valence-corrected chi connectivity index (χ1v) is 8.89. The van der Waals surface area contributed by atoms with E-state index in [0.717, 1.165) is 20.5 Å². The lowest BCUT2D eigenvalue weighted by Gasteiger charge is -2.12. The van der Waals surface area contributed by atoms with Gasteiger partial charge in [0.05, 0.1) is 16.5 Å². The van der Waals surface area contributed by atoms with Gasteiger partial charge in [-0.2, -0.15) is 0 Å². The van der Waals surface area contributed by atoms with Gasteiger partial charge in [-0.3, -0.25) is 4.79 Å². The van der Waals surface area contributed by atoms with E-state index in [4.69, 9.17) is 9.47 Å². The van der Waals surface area contributed by atoms with Gasteiger partial charge in [-0.25, -0.2) is 0 Å². The molecule has 2 aromatic carbocycles. The smallest absolute Gasteiger partial charge is 0.200 e. The molecule has 0 saturated carbocycles. The second kappa shape index (κ2) is 7.28. The Morgan fingerprint density at radius 2 is 2.08 bits per heavy atom. The summed E-state index contributed by atoms with van der Waals surface area (Å²) in [6.45, 7) is 4.03. The molecule has 122 valence electrons. The number of carbonyl (C=O) groups excluding carboxylic acids is 1. The van der Waals surface area contributed by atoms with Crippen LogP contribution in [0.2, 0.25) is 0 Å². The van der Waals surface area contributed by atoms with Crippen LogP contribution >= 0.6 is 27.7 Å². The highest BCUT2D eigenvalue weighted by Gasteiger charge is 2.25. The van der Waals surface area contributed by atoms with Crippen molar-refractivity contribution >= 4 is 39.6 Å². The molecule has 0 atom stereocenters. The molecule has 0 aliphatic carbocycles. The number of ketones is 1. The maximum atomic E-state index is 12.5. The third kappa shape index (κ3) is 3.28. The van der Waals surface area contributed by atoms with Gasteiger partial charge < -0.3 is 9.47 Å². The Labute approximate surface area is 153 Å². The lowest BCUT2D eigenvalue weighted by molar-refractivity contribution is 0.104. The van der Waals surface area contributed by atoms with Crippen molar-refractivity contribution in [3.05, 3.63) is 69.6 Å². The number of benzene rings is 2. The lowest BCUT2D eigenvalue weighted by Crippen LogP contribution is -1.98. The molecule has 3 nitrogen and oxygen atoms in total. The summed E-state index contributed by atoms with van der Waals surface area (Å²) in [6, 6.07) is 11.4. The van der Waals surface area contributed by atoms with Gasteiger partial charge in [0.15, 0.2) is 11.5 Å². The monoisotopic (exact) mass is 402 g/mol. The van der Waals surface area contributed by atoms with E-state index in [1.165, 1.54) is 11.8 Å². The second-order valence-electron chi connectivity index (χ2n) is 5.07. The number of thioether (sulfide) groups is 1. The summed E-state index contributed by atoms with van der Waals surface area (Å²) >= 11 is 4.99. The minimum absolute atomic E-state index is 0.0534. The van der Waals surface area contributed by atoms with E-state index in [1.807, 2.05) is 42.5 Å². The SMILES string of the molecule is C=CCOc1c(Br)cc(/C=C2/Sc3ccccc3C2=O)cc1OC. The molecular formula is C19H15BrO3S. The number of fused-ring (bicyclic) bond motifs is 1. The summed E-state index contributed by atoms with van der Waals surface area (Å²) in [4.78, 5) is 14.2. The molecule has 1 aliphatic heterocycles. The molecule has 5 heteroatoms. The van der Waals surface area contributed by atoms with Gasteiger partial charge in [-0.05, 0) is 51.8 Å². The first-order valence-electron chi connectivity index (χ1n) is 7.28. The average Bonchev–Trinajstić information content (AvgIpc) is 2.90. The molecule has 1 aliphatic rings. The Morgan fingerprint density at radius 1 is 1.29 bits per heavy atom. The summed E-state index contributed by atoms with van der Waals surface area (Å²) in [5, 5.41) is 0. The van der Waals surface area contributed by atoms with E-state index >= 15 is 0 Å². The zero-order chi connectivity index (χ0) is 17.1. The largest absolute Gasteiger partial charge is 0.493 e. The first kappa shape index (κ1) is 16.9. The lowest BCUT2D eigenvalue weighted by atomic mass is 10.1. The van der Waals surface area contributed by atoms with E-state index in [-0.39, 0.29) is 5.78 Å². The molecule has 0 fully saturated rings. The van der Waals surface area contributed by atoms with Crippen LogP contribution in [0.5, 0.6) is 11.5 Å². The fourth-order valence-electron chi connectivity index (χ4n) is 2.39. The number of hydrogen-bond acceptors (Lipinski definition) is 4. The number of ether oxygens (including phenoxy) is 2. The zero-order valence-electron chi connectivity index (χ0n) is 13.0. The van der Waals surface area contributed by atoms with Gasteiger partial charge in [-0.1, -0.05) is 36.5 Å². The number of Topliss-reactive ketones (excluding diaryl/α,β-unsaturated/α-hetero) is 1. The van der Waals surface area contributed by atoms with Crippen LogP contribution in [0.25, 0.3) is 6.08 Å². The van der Waals surface area contributed by atoms with Crippen molar-refractivity contribution in [1.29, 1.82) is 0 Å². The first-order chi connectivity index (χ1) is 11.6. The Balaban J connectivity index is 1.95. The topological polar surface area (TPSA) is 35.5 Å². The third-order valence-electron chi connectivity index (χ3n) is 3.47. The van der Waals surface area contributed by atoms with Crippen LogP contribution in [0.3, 0.4) is 0 Å². The molecule has 1 heterocycles. The van der Waals surface area contributed by atoms with Crippen LogP contribution in [-0.4, -0.2) is 19.5 Å². The van der Waals surface area contributed by atoms with Gasteiger partial charge >= 0.3 is 0 Å². The molecule has 0 bridgehead atoms. The number of methoxy groups -OCH3 is 1. The van der Waals surface area contributed by atoms with E-state index in [0.29, 0.717) is 23.0 Å². The Hall–Kier alpha value is -1.98. The van der Waals surface area contributed by atoms with E-state index in [9.17, 15) is 4.79 Å². The summed E-state index contributed by atoms with van der Waals surface area (Å²) in [5.74, 6) is 1.27. The second-order valence-corrected chi connectivity index (χ2v) is 7.01. The molecule has 0 N–H and O–H groups in total. The Morgan fingerprint density at radius 3 is 2.79 bits per heavy atom. The van der Waals surface area contributed by atoms with Gasteiger partial charge in [0.1, 0.15) is 6.61 Å². The molecule has 24 heavy (non-hydrogen) atoms. The molecule has 0 saturated heterocycles. The summed E-state index contributed by atoms with van der Waals surface area (Å²) in [6.07, 6.45) is 3.55. The van der Waals surface area contributed by atoms with Crippen molar-refractivity contribution in [2.24, 2.45) is 0 Å². The van der Waals surface area contributed by atoms with Crippen LogP contribution in [0.1, 0.15) is 15.9 Å². The van der Waals surface area contributed by atoms with E-state index < -0.39 is 0 Å². The highest BCUT2D eigenvalue weighted by atomic mass is 79.9. The average molecular weight is 403 g/mol. The predicted molar refractivity (Wildman–Crippen MR) is 101 cm³/mol. The van der Waals surface area contributed by atoms with Crippen LogP contribution < -0.4 is 9.47 Å². The predicted octanol–water partition coefficient (Wildman–Crippen LogP) is 5.35. The number of allylic oxidation sites excluding steroid dienone is 1. The van der Waals surface area contributed by atoms with Gasteiger partial charge in [-0.15, -0.1) is 0 Å². The van der Waals surface area contributed by atoms with Crippen LogP contribution in [0.4, 0.5) is 0 Å². The quantitative estimate of drug-likeness (QED) is 0.498. The van der Waals surface area contributed by atoms with Crippen molar-refractivity contribution in [2.75, 3.05) is 13.7 Å². The standard InChI is InChI=1S/C19H15BrO3S/c1-3-8-23-19-14(20)9-12(10-15(19)22-2)11-17-18(21)13-6-4-5-7-16(13)24-17/h3-7,9-11H,1,8H2,2H3/b17-11+. The van der Waals surface area contributed by atoms with E-state index in [2.05, 4.69) is 22.5 Å². The van der Waals surface area contributed by atoms with Crippen LogP contribution in [0, 0.1) is 0 Å². The molecule has 0 unspecified atom stereocenters. The highest BCUT2D eigenvalue weighted by Crippen LogP contribution is 2.42. The molecule has 0 spiro atoms. The molecule has 3 rings (SSSR count). The normalized spacial score (nSPS) is 14.6. The van der Waals surface area contributed by atoms with Crippen molar-refractivity contribution in [1.82, 2.24) is 0 Å². The van der Waals surface area contributed by atoms with Crippen molar-refractivity contribution in [2.45, 2.75) is 4.90 Å². The third-order valence-corrected chi connectivity index (χ3v) is 5.16. The fraction of sp³-hybridized carbons (Fsp3) is 0.105. The Kier molecular flexibility index (Phi) is 5.11. The van der Waals surface area contributed by atoms with Crippen molar-refractivity contribution < 1.29 is 14.3 Å². The van der Waals surface area contributed by atoms with Gasteiger partial charge in [0.2, 0.25) is 5.78 Å². The Bertz CT molecular complexity index is 843. The highest BCUT2D eigenvalue weighted by molar-refractivity contribution is 9.10. The van der Waals surface area contributed by atoms with E-state index in [1.54, 1.807) is 13.2 Å². The minimum atomic E-state index is 0.0534. The van der Waals surface area contributed by atoms with Crippen molar-refractivity contribution in [3.63, 3.8) is 0 Å². The van der Waals surface area contributed by atoms with Crippen molar-refractivity contribution in [3.8, 4) is 11.5 Å². The van der Waals surface area contributed by atoms with Crippen LogP contribution in [-0.2, 0) is 0 Å². The minimum Gasteiger partial charge on any atom is -0.493 e. The molecule has 2 aromatic rings. The number of hydrogen-bond donors (Lipinski definition) is 0. The molecular weight excluding hydrogens is 388 g/mol. The zero-order valence-corrected chi connectivity index (χ0v) is 15.4. The summed E-state index contributed by atoms with van der Waals surface area (Å²) in [7, 11) is 1.59. The van der Waals surface area contributed by atoms with Crippen LogP contribution in [0.15, 0.2) is 63.3 Å². The van der Waals surface area contributed by atoms with Gasteiger partial charge in [0, 0.05) is 10.5 Å². The summed E-state index contributed by atoms with van der Waals surface area (Å²) < 4.78 is 11.8. The maximum Gasteiger partial charge on any atom is 0.200 e. The number of halogens is 1. The summed E-state index contributed by atoms with van der Waals surface area (Å²) in [5.41, 5.74) is 1.62. The maximum absolute atomic E-state index is 12.5. The number of rotatable bonds is 5. The molecule has 0 amide bonds. The molecule has 0 radical (unpaired) electrons. The molecule has 0 aromatic heterocycles. The number of carbonyl (C=O) groups is 1. The fourth-order valence-corrected chi connectivity index (χ4v) is 4.02.